The van der Waals surface area contributed by atoms with E-state index in [1.165, 1.54) is 12.1 Å². The van der Waals surface area contributed by atoms with Crippen molar-refractivity contribution in [3.05, 3.63) is 53.3 Å². The number of hydrogen-bond acceptors (Lipinski definition) is 5. The highest BCUT2D eigenvalue weighted by atomic mass is 35.5. The van der Waals surface area contributed by atoms with E-state index in [0.717, 1.165) is 12.1 Å². The van der Waals surface area contributed by atoms with Gasteiger partial charge in [-0.25, -0.2) is 17.5 Å². The zero-order valence-corrected chi connectivity index (χ0v) is 18.1. The van der Waals surface area contributed by atoms with Crippen LogP contribution in [-0.4, -0.2) is 46.4 Å². The van der Waals surface area contributed by atoms with E-state index in [9.17, 15) is 22.4 Å². The zero-order chi connectivity index (χ0) is 22.4. The lowest BCUT2D eigenvalue weighted by molar-refractivity contribution is -0.120. The molecule has 166 valence electrons. The molecule has 2 aromatic carbocycles. The highest BCUT2D eigenvalue weighted by molar-refractivity contribution is 7.89. The fourth-order valence-corrected chi connectivity index (χ4v) is 4.44. The van der Waals surface area contributed by atoms with Gasteiger partial charge in [-0.15, -0.1) is 0 Å². The summed E-state index contributed by atoms with van der Waals surface area (Å²) in [7, 11) is -3.76. The van der Waals surface area contributed by atoms with Crippen molar-refractivity contribution in [2.45, 2.75) is 17.7 Å². The molecule has 0 aromatic heterocycles. The summed E-state index contributed by atoms with van der Waals surface area (Å²) < 4.78 is 39.5. The van der Waals surface area contributed by atoms with Crippen LogP contribution >= 0.6 is 11.6 Å². The monoisotopic (exact) mass is 468 g/mol. The molecule has 1 fully saturated rings. The molecule has 0 spiro atoms. The van der Waals surface area contributed by atoms with E-state index in [1.54, 1.807) is 18.2 Å². The summed E-state index contributed by atoms with van der Waals surface area (Å²) in [5.41, 5.74) is 1.22. The number of halogens is 2. The molecule has 3 N–H and O–H groups in total. The maximum Gasteiger partial charge on any atom is 0.240 e. The summed E-state index contributed by atoms with van der Waals surface area (Å²) in [6.07, 6.45) is 0.374. The predicted octanol–water partition coefficient (Wildman–Crippen LogP) is 2.11. The number of sulfonamides is 1. The second-order valence-electron chi connectivity index (χ2n) is 6.94. The van der Waals surface area contributed by atoms with Gasteiger partial charge in [-0.05, 0) is 48.9 Å². The first-order chi connectivity index (χ1) is 14.7. The Morgan fingerprint density at radius 1 is 1.19 bits per heavy atom. The number of anilines is 2. The summed E-state index contributed by atoms with van der Waals surface area (Å²) in [6.45, 7) is 1.46. The first kappa shape index (κ1) is 23.0. The van der Waals surface area contributed by atoms with E-state index in [1.807, 2.05) is 4.90 Å². The van der Waals surface area contributed by atoms with E-state index in [4.69, 9.17) is 11.6 Å². The second-order valence-corrected chi connectivity index (χ2v) is 9.12. The summed E-state index contributed by atoms with van der Waals surface area (Å²) in [4.78, 5) is 25.5. The van der Waals surface area contributed by atoms with Gasteiger partial charge in [0, 0.05) is 31.7 Å². The van der Waals surface area contributed by atoms with Gasteiger partial charge in [0.05, 0.1) is 22.2 Å². The lowest BCUT2D eigenvalue weighted by Gasteiger charge is -2.29. The van der Waals surface area contributed by atoms with Gasteiger partial charge in [0.2, 0.25) is 21.8 Å². The van der Waals surface area contributed by atoms with Gasteiger partial charge in [-0.1, -0.05) is 11.6 Å². The van der Waals surface area contributed by atoms with E-state index >= 15 is 0 Å². The summed E-state index contributed by atoms with van der Waals surface area (Å²) >= 11 is 6.31. The van der Waals surface area contributed by atoms with Crippen LogP contribution < -0.4 is 20.3 Å². The van der Waals surface area contributed by atoms with Gasteiger partial charge in [0.1, 0.15) is 5.82 Å². The Morgan fingerprint density at radius 3 is 2.61 bits per heavy atom. The molecule has 2 aromatic rings. The van der Waals surface area contributed by atoms with Gasteiger partial charge in [-0.2, -0.15) is 0 Å². The highest BCUT2D eigenvalue weighted by Crippen LogP contribution is 2.29. The number of hydrogen-bond donors (Lipinski definition) is 3. The van der Waals surface area contributed by atoms with Crippen LogP contribution in [0.4, 0.5) is 15.8 Å². The Bertz CT molecular complexity index is 1060. The van der Waals surface area contributed by atoms with Crippen LogP contribution in [-0.2, 0) is 19.6 Å². The molecule has 1 heterocycles. The smallest absolute Gasteiger partial charge is 0.240 e. The van der Waals surface area contributed by atoms with Gasteiger partial charge in [-0.3, -0.25) is 9.59 Å². The molecule has 0 atom stereocenters. The maximum absolute atomic E-state index is 12.9. The Morgan fingerprint density at radius 2 is 1.94 bits per heavy atom. The van der Waals surface area contributed by atoms with Gasteiger partial charge >= 0.3 is 0 Å². The average molecular weight is 469 g/mol. The van der Waals surface area contributed by atoms with Crippen molar-refractivity contribution in [3.63, 3.8) is 0 Å². The maximum atomic E-state index is 12.9. The molecule has 1 aliphatic rings. The minimum atomic E-state index is -3.76. The van der Waals surface area contributed by atoms with Gasteiger partial charge in [0.15, 0.2) is 0 Å². The molecule has 8 nitrogen and oxygen atoms in total. The molecule has 1 saturated heterocycles. The minimum Gasteiger partial charge on any atom is -0.359 e. The van der Waals surface area contributed by atoms with Crippen molar-refractivity contribution in [3.8, 4) is 0 Å². The van der Waals surface area contributed by atoms with Crippen LogP contribution in [0, 0.1) is 5.82 Å². The minimum absolute atomic E-state index is 0.0423. The number of carbonyl (C=O) groups excluding carboxylic acids is 2. The van der Waals surface area contributed by atoms with Crippen LogP contribution in [0.3, 0.4) is 0 Å². The van der Waals surface area contributed by atoms with Crippen LogP contribution in [0.5, 0.6) is 0 Å². The summed E-state index contributed by atoms with van der Waals surface area (Å²) in [5.74, 6) is -0.887. The zero-order valence-electron chi connectivity index (χ0n) is 16.5. The van der Waals surface area contributed by atoms with Crippen molar-refractivity contribution in [1.29, 1.82) is 0 Å². The standard InChI is InChI=1S/C20H22ClFN4O4S/c21-17-12-15(5-8-18(17)26-11-10-23-20(28)13-26)25-19(27)2-1-9-24-31(29,30)16-6-3-14(22)4-7-16/h3-8,12,24H,1-2,9-11,13H2,(H,23,28)(H,25,27). The SMILES string of the molecule is O=C1CN(c2ccc(NC(=O)CCCNS(=O)(=O)c3ccc(F)cc3)cc2Cl)CCN1. The van der Waals surface area contributed by atoms with Crippen molar-refractivity contribution in [2.75, 3.05) is 36.4 Å². The molecule has 11 heteroatoms. The molecule has 0 radical (unpaired) electrons. The molecule has 31 heavy (non-hydrogen) atoms. The molecule has 2 amide bonds. The third-order valence-electron chi connectivity index (χ3n) is 4.61. The number of nitrogens with one attached hydrogen (secondary N) is 3. The molecule has 0 saturated carbocycles. The number of nitrogens with zero attached hydrogens (tertiary/aromatic N) is 1. The molecule has 3 rings (SSSR count). The molecular weight excluding hydrogens is 447 g/mol. The topological polar surface area (TPSA) is 108 Å². The number of amides is 2. The number of rotatable bonds is 8. The Labute approximate surface area is 184 Å². The third-order valence-corrected chi connectivity index (χ3v) is 6.39. The van der Waals surface area contributed by atoms with Crippen molar-refractivity contribution < 1.29 is 22.4 Å². The first-order valence-corrected chi connectivity index (χ1v) is 11.5. The largest absolute Gasteiger partial charge is 0.359 e. The normalized spacial score (nSPS) is 14.3. The quantitative estimate of drug-likeness (QED) is 0.514. The Hall–Kier alpha value is -2.69. The Kier molecular flexibility index (Phi) is 7.47. The van der Waals surface area contributed by atoms with E-state index in [0.29, 0.717) is 29.5 Å². The molecule has 0 aliphatic carbocycles. The number of benzene rings is 2. The molecular formula is C20H22ClFN4O4S. The summed E-state index contributed by atoms with van der Waals surface area (Å²) in [6, 6.07) is 9.54. The van der Waals surface area contributed by atoms with Gasteiger partial charge < -0.3 is 15.5 Å². The predicted molar refractivity (Wildman–Crippen MR) is 116 cm³/mol. The van der Waals surface area contributed by atoms with Crippen LogP contribution in [0.15, 0.2) is 47.4 Å². The lowest BCUT2D eigenvalue weighted by atomic mass is 10.2. The second kappa shape index (κ2) is 10.1. The van der Waals surface area contributed by atoms with Crippen molar-refractivity contribution >= 4 is 44.8 Å². The average Bonchev–Trinajstić information content (AvgIpc) is 2.72. The van der Waals surface area contributed by atoms with Crippen LogP contribution in [0.25, 0.3) is 0 Å². The molecule has 1 aliphatic heterocycles. The van der Waals surface area contributed by atoms with Crippen molar-refractivity contribution in [2.24, 2.45) is 0 Å². The van der Waals surface area contributed by atoms with E-state index < -0.39 is 15.8 Å². The van der Waals surface area contributed by atoms with Crippen molar-refractivity contribution in [1.82, 2.24) is 10.0 Å². The lowest BCUT2D eigenvalue weighted by Crippen LogP contribution is -2.47. The van der Waals surface area contributed by atoms with E-state index in [-0.39, 0.29) is 42.6 Å². The first-order valence-electron chi connectivity index (χ1n) is 9.61. The number of piperazine rings is 1. The summed E-state index contributed by atoms with van der Waals surface area (Å²) in [5, 5.41) is 5.88. The van der Waals surface area contributed by atoms with Crippen LogP contribution in [0.2, 0.25) is 5.02 Å². The fraction of sp³-hybridized carbons (Fsp3) is 0.300. The van der Waals surface area contributed by atoms with Crippen LogP contribution in [0.1, 0.15) is 12.8 Å². The third kappa shape index (κ3) is 6.39. The molecule has 0 bridgehead atoms. The number of carbonyl (C=O) groups is 2. The fourth-order valence-electron chi connectivity index (χ4n) is 3.06. The van der Waals surface area contributed by atoms with Gasteiger partial charge in [0.25, 0.3) is 0 Å². The Balaban J connectivity index is 1.47. The highest BCUT2D eigenvalue weighted by Gasteiger charge is 2.19. The van der Waals surface area contributed by atoms with E-state index in [2.05, 4.69) is 15.4 Å². The molecule has 0 unspecified atom stereocenters.